The minimum Gasteiger partial charge on any atom is -0.343 e. The van der Waals surface area contributed by atoms with Crippen molar-refractivity contribution in [2.24, 2.45) is 5.73 Å². The summed E-state index contributed by atoms with van der Waals surface area (Å²) in [4.78, 5) is 0. The van der Waals surface area contributed by atoms with Gasteiger partial charge >= 0.3 is 0 Å². The molecule has 0 fully saturated rings. The molecule has 0 bridgehead atoms. The van der Waals surface area contributed by atoms with E-state index in [1.165, 1.54) is 22.0 Å². The number of aryl methyl sites for hydroxylation is 1. The van der Waals surface area contributed by atoms with Crippen molar-refractivity contribution in [3.8, 4) is 0 Å². The zero-order valence-electron chi connectivity index (χ0n) is 11.9. The summed E-state index contributed by atoms with van der Waals surface area (Å²) >= 11 is 6.08. The number of rotatable bonds is 5. The second-order valence-corrected chi connectivity index (χ2v) is 5.76. The topological polar surface area (TPSA) is 30.9 Å². The molecule has 0 saturated heterocycles. The van der Waals surface area contributed by atoms with Gasteiger partial charge in [0.1, 0.15) is 0 Å². The van der Waals surface area contributed by atoms with Crippen LogP contribution in [0.15, 0.2) is 54.7 Å². The molecule has 3 aromatic rings. The summed E-state index contributed by atoms with van der Waals surface area (Å²) in [7, 11) is 0. The third-order valence-electron chi connectivity index (χ3n) is 3.76. The Hall–Kier alpha value is -1.77. The molecule has 0 spiro atoms. The number of hydrogen-bond acceptors (Lipinski definition) is 1. The number of fused-ring (bicyclic) bond motifs is 1. The maximum atomic E-state index is 6.08. The third-order valence-corrected chi connectivity index (χ3v) is 4.00. The van der Waals surface area contributed by atoms with Crippen LogP contribution in [0.1, 0.15) is 17.5 Å². The Bertz CT molecular complexity index is 746. The molecule has 2 N–H and O–H groups in total. The predicted octanol–water partition coefficient (Wildman–Crippen LogP) is 4.23. The van der Waals surface area contributed by atoms with E-state index >= 15 is 0 Å². The van der Waals surface area contributed by atoms with Gasteiger partial charge in [-0.05, 0) is 48.7 Å². The van der Waals surface area contributed by atoms with Gasteiger partial charge in [-0.15, -0.1) is 0 Å². The maximum absolute atomic E-state index is 6.08. The van der Waals surface area contributed by atoms with Crippen molar-refractivity contribution in [2.45, 2.75) is 19.4 Å². The highest BCUT2D eigenvalue weighted by Gasteiger charge is 2.08. The summed E-state index contributed by atoms with van der Waals surface area (Å²) in [5, 5.41) is 2.11. The fourth-order valence-corrected chi connectivity index (χ4v) is 2.99. The van der Waals surface area contributed by atoms with Gasteiger partial charge in [0.2, 0.25) is 0 Å². The van der Waals surface area contributed by atoms with Crippen molar-refractivity contribution in [1.29, 1.82) is 0 Å². The Morgan fingerprint density at radius 2 is 1.90 bits per heavy atom. The van der Waals surface area contributed by atoms with Crippen LogP contribution in [-0.2, 0) is 13.0 Å². The molecule has 3 heteroatoms. The average Bonchev–Trinajstić information content (AvgIpc) is 2.84. The van der Waals surface area contributed by atoms with E-state index in [0.29, 0.717) is 0 Å². The predicted molar refractivity (Wildman–Crippen MR) is 89.9 cm³/mol. The highest BCUT2D eigenvalue weighted by Crippen LogP contribution is 2.24. The van der Waals surface area contributed by atoms with Gasteiger partial charge in [0.05, 0.1) is 0 Å². The molecule has 1 heterocycles. The normalized spacial score (nSPS) is 11.1. The van der Waals surface area contributed by atoms with E-state index in [2.05, 4.69) is 41.1 Å². The number of para-hydroxylation sites is 1. The van der Waals surface area contributed by atoms with Crippen LogP contribution in [0.5, 0.6) is 0 Å². The van der Waals surface area contributed by atoms with E-state index in [-0.39, 0.29) is 0 Å². The minimum atomic E-state index is 0.730. The summed E-state index contributed by atoms with van der Waals surface area (Å²) in [6.45, 7) is 1.57. The van der Waals surface area contributed by atoms with Crippen LogP contribution < -0.4 is 5.73 Å². The molecule has 2 aromatic carbocycles. The molecule has 108 valence electrons. The van der Waals surface area contributed by atoms with Gasteiger partial charge in [-0.3, -0.25) is 0 Å². The van der Waals surface area contributed by atoms with Crippen molar-refractivity contribution in [3.63, 3.8) is 0 Å². The van der Waals surface area contributed by atoms with Crippen LogP contribution in [0.3, 0.4) is 0 Å². The fourth-order valence-electron chi connectivity index (χ4n) is 2.78. The number of nitrogens with two attached hydrogens (primary N) is 1. The summed E-state index contributed by atoms with van der Waals surface area (Å²) in [5.41, 5.74) is 9.50. The molecule has 0 saturated carbocycles. The molecule has 0 unspecified atom stereocenters. The minimum absolute atomic E-state index is 0.730. The smallest absolute Gasteiger partial charge is 0.0486 e. The van der Waals surface area contributed by atoms with Crippen LogP contribution in [0.4, 0.5) is 0 Å². The first kappa shape index (κ1) is 14.2. The monoisotopic (exact) mass is 298 g/mol. The van der Waals surface area contributed by atoms with Crippen molar-refractivity contribution in [2.75, 3.05) is 6.54 Å². The number of aromatic nitrogens is 1. The lowest BCUT2D eigenvalue weighted by atomic mass is 10.1. The van der Waals surface area contributed by atoms with E-state index in [1.807, 2.05) is 18.2 Å². The third kappa shape index (κ3) is 3.12. The largest absolute Gasteiger partial charge is 0.343 e. The number of nitrogens with zero attached hydrogens (tertiary/aromatic N) is 1. The van der Waals surface area contributed by atoms with Crippen molar-refractivity contribution in [3.05, 3.63) is 70.9 Å². The van der Waals surface area contributed by atoms with E-state index in [9.17, 15) is 0 Å². The SMILES string of the molecule is NCCCc1cn(Cc2cccc(Cl)c2)c2ccccc12. The molecule has 0 aliphatic rings. The second-order valence-electron chi connectivity index (χ2n) is 5.32. The summed E-state index contributed by atoms with van der Waals surface area (Å²) < 4.78 is 2.30. The molecule has 0 atom stereocenters. The molecule has 0 amide bonds. The Balaban J connectivity index is 1.98. The second kappa shape index (κ2) is 6.33. The average molecular weight is 299 g/mol. The van der Waals surface area contributed by atoms with Crippen LogP contribution in [-0.4, -0.2) is 11.1 Å². The quantitative estimate of drug-likeness (QED) is 0.750. The van der Waals surface area contributed by atoms with E-state index < -0.39 is 0 Å². The van der Waals surface area contributed by atoms with Crippen LogP contribution in [0.2, 0.25) is 5.02 Å². The van der Waals surface area contributed by atoms with Gasteiger partial charge in [0.25, 0.3) is 0 Å². The summed E-state index contributed by atoms with van der Waals surface area (Å²) in [6, 6.07) is 16.6. The molecule has 0 aliphatic heterocycles. The van der Waals surface area contributed by atoms with Gasteiger partial charge in [0, 0.05) is 28.7 Å². The highest BCUT2D eigenvalue weighted by molar-refractivity contribution is 6.30. The maximum Gasteiger partial charge on any atom is 0.0486 e. The zero-order chi connectivity index (χ0) is 14.7. The Kier molecular flexibility index (Phi) is 4.28. The van der Waals surface area contributed by atoms with Gasteiger partial charge in [0.15, 0.2) is 0 Å². The van der Waals surface area contributed by atoms with Gasteiger partial charge in [-0.25, -0.2) is 0 Å². The van der Waals surface area contributed by atoms with Crippen molar-refractivity contribution < 1.29 is 0 Å². The van der Waals surface area contributed by atoms with Gasteiger partial charge in [-0.1, -0.05) is 41.9 Å². The number of benzene rings is 2. The van der Waals surface area contributed by atoms with E-state index in [1.54, 1.807) is 0 Å². The first-order chi connectivity index (χ1) is 10.3. The fraction of sp³-hybridized carbons (Fsp3) is 0.222. The van der Waals surface area contributed by atoms with E-state index in [4.69, 9.17) is 17.3 Å². The van der Waals surface area contributed by atoms with Crippen molar-refractivity contribution in [1.82, 2.24) is 4.57 Å². The molecule has 3 rings (SSSR count). The van der Waals surface area contributed by atoms with E-state index in [0.717, 1.165) is 31.0 Å². The summed E-state index contributed by atoms with van der Waals surface area (Å²) in [5.74, 6) is 0. The lowest BCUT2D eigenvalue weighted by Crippen LogP contribution is -2.00. The molecular weight excluding hydrogens is 280 g/mol. The summed E-state index contributed by atoms with van der Waals surface area (Å²) in [6.07, 6.45) is 4.30. The van der Waals surface area contributed by atoms with Gasteiger partial charge in [-0.2, -0.15) is 0 Å². The highest BCUT2D eigenvalue weighted by atomic mass is 35.5. The lowest BCUT2D eigenvalue weighted by molar-refractivity contribution is 0.806. The van der Waals surface area contributed by atoms with Crippen molar-refractivity contribution >= 4 is 22.5 Å². The number of halogens is 1. The zero-order valence-corrected chi connectivity index (χ0v) is 12.7. The number of hydrogen-bond donors (Lipinski definition) is 1. The van der Waals surface area contributed by atoms with Crippen LogP contribution in [0, 0.1) is 0 Å². The Morgan fingerprint density at radius 1 is 1.05 bits per heavy atom. The first-order valence-electron chi connectivity index (χ1n) is 7.29. The molecule has 0 radical (unpaired) electrons. The Morgan fingerprint density at radius 3 is 2.71 bits per heavy atom. The molecule has 1 aromatic heterocycles. The molecule has 21 heavy (non-hydrogen) atoms. The molecular formula is C18H19ClN2. The molecule has 0 aliphatic carbocycles. The lowest BCUT2D eigenvalue weighted by Gasteiger charge is -2.06. The first-order valence-corrected chi connectivity index (χ1v) is 7.67. The molecule has 2 nitrogen and oxygen atoms in total. The standard InChI is InChI=1S/C18H19ClN2/c19-16-7-3-5-14(11-16)12-21-13-15(6-4-10-20)17-8-1-2-9-18(17)21/h1-3,5,7-9,11,13H,4,6,10,12,20H2. The van der Waals surface area contributed by atoms with Gasteiger partial charge < -0.3 is 10.3 Å². The van der Waals surface area contributed by atoms with Crippen LogP contribution in [0.25, 0.3) is 10.9 Å². The van der Waals surface area contributed by atoms with Crippen LogP contribution >= 0.6 is 11.6 Å². The Labute approximate surface area is 130 Å².